The Kier molecular flexibility index (Phi) is 3.64. The Morgan fingerprint density at radius 3 is 2.94 bits per heavy atom. The first kappa shape index (κ1) is 11.9. The highest BCUT2D eigenvalue weighted by atomic mass is 16.5. The Hall–Kier alpha value is -1.55. The van der Waals surface area contributed by atoms with Crippen molar-refractivity contribution in [1.29, 1.82) is 5.41 Å². The van der Waals surface area contributed by atoms with E-state index in [0.717, 1.165) is 44.0 Å². The highest BCUT2D eigenvalue weighted by Crippen LogP contribution is 2.23. The molecule has 1 aliphatic heterocycles. The van der Waals surface area contributed by atoms with Gasteiger partial charge in [0.25, 0.3) is 0 Å². The van der Waals surface area contributed by atoms with E-state index in [-0.39, 0.29) is 5.84 Å². The van der Waals surface area contributed by atoms with E-state index in [0.29, 0.717) is 0 Å². The molecule has 1 heterocycles. The van der Waals surface area contributed by atoms with E-state index < -0.39 is 0 Å². The first-order chi connectivity index (χ1) is 8.18. The van der Waals surface area contributed by atoms with Crippen molar-refractivity contribution in [2.75, 3.05) is 31.2 Å². The van der Waals surface area contributed by atoms with Gasteiger partial charge in [-0.3, -0.25) is 5.41 Å². The number of anilines is 1. The molecule has 1 aromatic carbocycles. The second-order valence-electron chi connectivity index (χ2n) is 4.39. The van der Waals surface area contributed by atoms with Crippen LogP contribution in [0.1, 0.15) is 17.5 Å². The Labute approximate surface area is 102 Å². The fourth-order valence-electron chi connectivity index (χ4n) is 2.12. The summed E-state index contributed by atoms with van der Waals surface area (Å²) in [5.74, 6) is 0.130. The normalized spacial score (nSPS) is 16.6. The third-order valence-electron chi connectivity index (χ3n) is 3.01. The number of hydrogen-bond donors (Lipinski definition) is 2. The van der Waals surface area contributed by atoms with Gasteiger partial charge in [0.05, 0.1) is 6.61 Å². The van der Waals surface area contributed by atoms with Gasteiger partial charge >= 0.3 is 0 Å². The van der Waals surface area contributed by atoms with Crippen molar-refractivity contribution in [1.82, 2.24) is 0 Å². The Morgan fingerprint density at radius 2 is 2.18 bits per heavy atom. The zero-order valence-electron chi connectivity index (χ0n) is 10.2. The molecule has 2 rings (SSSR count). The molecule has 0 amide bonds. The summed E-state index contributed by atoms with van der Waals surface area (Å²) in [4.78, 5) is 2.26. The molecule has 17 heavy (non-hydrogen) atoms. The van der Waals surface area contributed by atoms with Crippen molar-refractivity contribution in [2.24, 2.45) is 5.73 Å². The van der Waals surface area contributed by atoms with Crippen LogP contribution < -0.4 is 10.6 Å². The molecular formula is C13H19N3O. The Balaban J connectivity index is 2.34. The smallest absolute Gasteiger partial charge is 0.124 e. The van der Waals surface area contributed by atoms with Gasteiger partial charge in [-0.15, -0.1) is 0 Å². The molecule has 0 spiro atoms. The maximum atomic E-state index is 7.64. The zero-order valence-corrected chi connectivity index (χ0v) is 10.2. The lowest BCUT2D eigenvalue weighted by Crippen LogP contribution is -2.28. The predicted molar refractivity (Wildman–Crippen MR) is 69.8 cm³/mol. The molecule has 0 radical (unpaired) electrons. The van der Waals surface area contributed by atoms with Crippen LogP contribution in [0.15, 0.2) is 18.2 Å². The lowest BCUT2D eigenvalue weighted by molar-refractivity contribution is 0.152. The van der Waals surface area contributed by atoms with Crippen LogP contribution in [0.25, 0.3) is 0 Å². The highest BCUT2D eigenvalue weighted by Gasteiger charge is 2.15. The molecule has 4 nitrogen and oxygen atoms in total. The molecule has 3 N–H and O–H groups in total. The molecule has 0 saturated carbocycles. The Bertz CT molecular complexity index is 409. The van der Waals surface area contributed by atoms with Gasteiger partial charge in [-0.05, 0) is 31.0 Å². The van der Waals surface area contributed by atoms with Gasteiger partial charge in [-0.2, -0.15) is 0 Å². The van der Waals surface area contributed by atoms with Crippen molar-refractivity contribution in [2.45, 2.75) is 13.3 Å². The van der Waals surface area contributed by atoms with E-state index >= 15 is 0 Å². The summed E-state index contributed by atoms with van der Waals surface area (Å²) in [5.41, 5.74) is 8.70. The molecule has 4 heteroatoms. The lowest BCUT2D eigenvalue weighted by atomic mass is 10.1. The first-order valence-electron chi connectivity index (χ1n) is 5.96. The van der Waals surface area contributed by atoms with Crippen LogP contribution in [0, 0.1) is 12.3 Å². The molecule has 92 valence electrons. The summed E-state index contributed by atoms with van der Waals surface area (Å²) in [7, 11) is 0. The maximum Gasteiger partial charge on any atom is 0.124 e. The third-order valence-corrected chi connectivity index (χ3v) is 3.01. The van der Waals surface area contributed by atoms with Crippen molar-refractivity contribution in [3.8, 4) is 0 Å². The van der Waals surface area contributed by atoms with Crippen molar-refractivity contribution in [3.05, 3.63) is 29.3 Å². The van der Waals surface area contributed by atoms with Gasteiger partial charge in [0.2, 0.25) is 0 Å². The van der Waals surface area contributed by atoms with E-state index in [1.165, 1.54) is 5.56 Å². The largest absolute Gasteiger partial charge is 0.384 e. The predicted octanol–water partition coefficient (Wildman–Crippen LogP) is 1.51. The number of nitrogens with two attached hydrogens (primary N) is 1. The second-order valence-corrected chi connectivity index (χ2v) is 4.39. The number of hydrogen-bond acceptors (Lipinski definition) is 3. The SMILES string of the molecule is Cc1ccc(C(=N)N)c(N2CCCOCC2)c1. The summed E-state index contributed by atoms with van der Waals surface area (Å²) >= 11 is 0. The molecule has 1 saturated heterocycles. The van der Waals surface area contributed by atoms with Crippen LogP contribution in [0.2, 0.25) is 0 Å². The number of ether oxygens (including phenoxy) is 1. The number of rotatable bonds is 2. The zero-order chi connectivity index (χ0) is 12.3. The summed E-state index contributed by atoms with van der Waals surface area (Å²) in [5, 5.41) is 7.64. The number of nitrogens with zero attached hydrogens (tertiary/aromatic N) is 1. The van der Waals surface area contributed by atoms with E-state index in [9.17, 15) is 0 Å². The van der Waals surface area contributed by atoms with Gasteiger partial charge in [-0.1, -0.05) is 6.07 Å². The van der Waals surface area contributed by atoms with Crippen molar-refractivity contribution in [3.63, 3.8) is 0 Å². The average Bonchev–Trinajstić information content (AvgIpc) is 2.56. The summed E-state index contributed by atoms with van der Waals surface area (Å²) in [6, 6.07) is 6.02. The minimum absolute atomic E-state index is 0.130. The summed E-state index contributed by atoms with van der Waals surface area (Å²) < 4.78 is 5.45. The maximum absolute atomic E-state index is 7.64. The summed E-state index contributed by atoms with van der Waals surface area (Å²) in [6.07, 6.45) is 1.02. The monoisotopic (exact) mass is 233 g/mol. The van der Waals surface area contributed by atoms with Crippen LogP contribution in [0.4, 0.5) is 5.69 Å². The van der Waals surface area contributed by atoms with Crippen molar-refractivity contribution < 1.29 is 4.74 Å². The molecule has 0 aliphatic carbocycles. The minimum atomic E-state index is 0.130. The van der Waals surface area contributed by atoms with E-state index in [2.05, 4.69) is 17.9 Å². The molecule has 1 aliphatic rings. The lowest BCUT2D eigenvalue weighted by Gasteiger charge is -2.25. The average molecular weight is 233 g/mol. The van der Waals surface area contributed by atoms with E-state index in [4.69, 9.17) is 15.9 Å². The van der Waals surface area contributed by atoms with E-state index in [1.54, 1.807) is 0 Å². The second kappa shape index (κ2) is 5.19. The van der Waals surface area contributed by atoms with Gasteiger partial charge in [0.15, 0.2) is 0 Å². The van der Waals surface area contributed by atoms with Crippen LogP contribution in [0.5, 0.6) is 0 Å². The number of nitrogens with one attached hydrogen (secondary N) is 1. The van der Waals surface area contributed by atoms with Gasteiger partial charge in [0.1, 0.15) is 5.84 Å². The molecular weight excluding hydrogens is 214 g/mol. The van der Waals surface area contributed by atoms with Crippen LogP contribution in [0.3, 0.4) is 0 Å². The van der Waals surface area contributed by atoms with Crippen LogP contribution >= 0.6 is 0 Å². The van der Waals surface area contributed by atoms with Crippen LogP contribution in [-0.4, -0.2) is 32.1 Å². The standard InChI is InChI=1S/C13H19N3O/c1-10-3-4-11(13(14)15)12(9-10)16-5-2-7-17-8-6-16/h3-4,9H,2,5-8H2,1H3,(H3,14,15). The molecule has 1 fully saturated rings. The van der Waals surface area contributed by atoms with Gasteiger partial charge < -0.3 is 15.4 Å². The highest BCUT2D eigenvalue weighted by molar-refractivity contribution is 6.00. The fraction of sp³-hybridized carbons (Fsp3) is 0.462. The van der Waals surface area contributed by atoms with Gasteiger partial charge in [0, 0.05) is 30.9 Å². The number of aryl methyl sites for hydroxylation is 1. The molecule has 0 unspecified atom stereocenters. The number of nitrogen functional groups attached to an aromatic ring is 1. The van der Waals surface area contributed by atoms with Crippen molar-refractivity contribution >= 4 is 11.5 Å². The molecule has 1 aromatic rings. The molecule has 0 aromatic heterocycles. The number of benzene rings is 1. The third kappa shape index (κ3) is 2.77. The topological polar surface area (TPSA) is 62.3 Å². The molecule has 0 bridgehead atoms. The van der Waals surface area contributed by atoms with E-state index in [1.807, 2.05) is 12.1 Å². The first-order valence-corrected chi connectivity index (χ1v) is 5.96. The fourth-order valence-corrected chi connectivity index (χ4v) is 2.12. The van der Waals surface area contributed by atoms with Gasteiger partial charge in [-0.25, -0.2) is 0 Å². The number of amidine groups is 1. The minimum Gasteiger partial charge on any atom is -0.384 e. The van der Waals surface area contributed by atoms with Crippen LogP contribution in [-0.2, 0) is 4.74 Å². The summed E-state index contributed by atoms with van der Waals surface area (Å²) in [6.45, 7) is 5.44. The quantitative estimate of drug-likeness (QED) is 0.601. The Morgan fingerprint density at radius 1 is 1.35 bits per heavy atom. The molecule has 0 atom stereocenters.